The Morgan fingerprint density at radius 1 is 0.643 bits per heavy atom. The summed E-state index contributed by atoms with van der Waals surface area (Å²) in [5.74, 6) is -0.267. The van der Waals surface area contributed by atoms with Crippen molar-refractivity contribution in [3.63, 3.8) is 0 Å². The van der Waals surface area contributed by atoms with Crippen molar-refractivity contribution < 1.29 is 54.9 Å². The normalized spacial score (nSPS) is 20.2. The van der Waals surface area contributed by atoms with Crippen molar-refractivity contribution in [3.8, 4) is 5.75 Å². The van der Waals surface area contributed by atoms with Gasteiger partial charge in [0.2, 0.25) is 0 Å². The maximum atomic E-state index is 12.8. The first-order chi connectivity index (χ1) is 39.4. The fourth-order valence-corrected chi connectivity index (χ4v) is 10.8. The van der Waals surface area contributed by atoms with Gasteiger partial charge >= 0.3 is 24.7 Å². The Labute approximate surface area is 487 Å². The predicted octanol–water partition coefficient (Wildman–Crippen LogP) is 11.2. The second kappa shape index (κ2) is 27.0. The summed E-state index contributed by atoms with van der Waals surface area (Å²) in [6, 6.07) is 26.0. The molecule has 4 aliphatic heterocycles. The molecule has 0 spiro atoms. The van der Waals surface area contributed by atoms with Crippen LogP contribution in [0.1, 0.15) is 123 Å². The zero-order valence-electron chi connectivity index (χ0n) is 49.6. The number of piperidine rings is 2. The minimum Gasteiger partial charge on any atom is -0.444 e. The van der Waals surface area contributed by atoms with Crippen molar-refractivity contribution in [3.05, 3.63) is 114 Å². The van der Waals surface area contributed by atoms with Crippen molar-refractivity contribution in [2.75, 3.05) is 65.4 Å². The van der Waals surface area contributed by atoms with E-state index in [9.17, 15) is 40.7 Å². The quantitative estimate of drug-likeness (QED) is 0.114. The van der Waals surface area contributed by atoms with Crippen LogP contribution in [0, 0.1) is 0 Å². The van der Waals surface area contributed by atoms with Gasteiger partial charge in [-0.1, -0.05) is 53.7 Å². The maximum absolute atomic E-state index is 12.8. The smallest absolute Gasteiger partial charge is 0.444 e. The van der Waals surface area contributed by atoms with Gasteiger partial charge in [0.1, 0.15) is 46.0 Å². The van der Waals surface area contributed by atoms with Gasteiger partial charge in [0.15, 0.2) is 0 Å². The summed E-state index contributed by atoms with van der Waals surface area (Å²) >= 11 is 0. The number of hydrogen-bond acceptors (Lipinski definition) is 14. The number of para-hydroxylation sites is 3. The number of rotatable bonds is 7. The molecule has 0 aliphatic carbocycles. The Morgan fingerprint density at radius 3 is 1.61 bits per heavy atom. The van der Waals surface area contributed by atoms with E-state index < -0.39 is 29.3 Å². The molecule has 4 aliphatic rings. The van der Waals surface area contributed by atoms with Gasteiger partial charge in [0.25, 0.3) is 0 Å². The SMILES string of the molecule is C[C@H]1CN(C2(C)CCN(C(=O)OC(C)(C)C)CC2)CCN1.C[C@H]1CN(C2(C)CCN(C(=O)OC(C)(C)C)CC2)CCN1C(c1ccc(OC(F)(F)F)cc1)n1nnc2ccccc21.O=Cc1ccc(C(F)(F)F)cc1.c1ccc2n[nH]nc2c1. The van der Waals surface area contributed by atoms with Crippen LogP contribution in [0.4, 0.5) is 35.9 Å². The number of carbonyl (C=O) groups is 3. The highest BCUT2D eigenvalue weighted by molar-refractivity contribution is 5.75. The lowest BCUT2D eigenvalue weighted by Crippen LogP contribution is -2.62. The molecule has 0 saturated carbocycles. The number of halogens is 6. The zero-order chi connectivity index (χ0) is 61.3. The molecule has 4 fully saturated rings. The van der Waals surface area contributed by atoms with Crippen LogP contribution in [-0.2, 0) is 15.7 Å². The number of nitrogens with zero attached hydrogens (tertiary/aromatic N) is 10. The van der Waals surface area contributed by atoms with Crippen LogP contribution in [0.15, 0.2) is 97.1 Å². The van der Waals surface area contributed by atoms with Crippen molar-refractivity contribution >= 4 is 40.5 Å². The van der Waals surface area contributed by atoms with Crippen LogP contribution in [0.5, 0.6) is 5.75 Å². The molecular weight excluding hydrogens is 1100 g/mol. The third kappa shape index (κ3) is 17.8. The number of aromatic nitrogens is 6. The Bertz CT molecular complexity index is 3040. The lowest BCUT2D eigenvalue weighted by Gasteiger charge is -2.52. The number of H-pyrrole nitrogens is 1. The number of nitrogens with one attached hydrogen (secondary N) is 2. The van der Waals surface area contributed by atoms with Gasteiger partial charge in [-0.15, -0.1) is 18.3 Å². The van der Waals surface area contributed by atoms with Gasteiger partial charge in [-0.2, -0.15) is 28.6 Å². The lowest BCUT2D eigenvalue weighted by atomic mass is 9.86. The molecule has 2 N–H and O–H groups in total. The summed E-state index contributed by atoms with van der Waals surface area (Å²) in [5.41, 5.74) is 2.92. The van der Waals surface area contributed by atoms with Gasteiger partial charge in [0.05, 0.1) is 11.1 Å². The van der Waals surface area contributed by atoms with Crippen molar-refractivity contribution in [2.24, 2.45) is 0 Å². The number of carbonyl (C=O) groups excluding carboxylic acids is 3. The summed E-state index contributed by atoms with van der Waals surface area (Å²) in [7, 11) is 0. The number of fused-ring (bicyclic) bond motifs is 2. The number of hydrogen-bond donors (Lipinski definition) is 2. The third-order valence-electron chi connectivity index (χ3n) is 15.5. The first kappa shape index (κ1) is 64.7. The summed E-state index contributed by atoms with van der Waals surface area (Å²) in [5, 5.41) is 22.6. The van der Waals surface area contributed by atoms with Crippen LogP contribution in [0.2, 0.25) is 0 Å². The predicted molar refractivity (Wildman–Crippen MR) is 307 cm³/mol. The van der Waals surface area contributed by atoms with Crippen LogP contribution < -0.4 is 10.1 Å². The average Bonchev–Trinajstić information content (AvgIpc) is 4.27. The van der Waals surface area contributed by atoms with E-state index in [2.05, 4.69) is 78.2 Å². The van der Waals surface area contributed by atoms with Gasteiger partial charge in [-0.25, -0.2) is 14.3 Å². The highest BCUT2D eigenvalue weighted by atomic mass is 19.4. The fraction of sp³-hybridized carbons (Fsp3) is 0.550. The monoisotopic (exact) mass is 1180 g/mol. The first-order valence-corrected chi connectivity index (χ1v) is 28.4. The van der Waals surface area contributed by atoms with E-state index in [1.54, 1.807) is 17.0 Å². The second-order valence-electron chi connectivity index (χ2n) is 24.3. The number of piperazine rings is 2. The van der Waals surface area contributed by atoms with Crippen LogP contribution in [0.25, 0.3) is 22.1 Å². The number of likely N-dealkylation sites (tertiary alicyclic amines) is 2. The maximum Gasteiger partial charge on any atom is 0.573 e. The Morgan fingerprint density at radius 2 is 1.14 bits per heavy atom. The minimum atomic E-state index is -4.76. The molecule has 3 atom stereocenters. The van der Waals surface area contributed by atoms with E-state index in [1.165, 1.54) is 12.1 Å². The first-order valence-electron chi connectivity index (χ1n) is 28.4. The summed E-state index contributed by atoms with van der Waals surface area (Å²) in [6.07, 6.45) is -5.66. The van der Waals surface area contributed by atoms with Crippen LogP contribution in [-0.4, -0.2) is 180 Å². The number of alkyl halides is 6. The Balaban J connectivity index is 0.000000196. The van der Waals surface area contributed by atoms with Crippen LogP contribution in [0.3, 0.4) is 0 Å². The van der Waals surface area contributed by atoms with Crippen molar-refractivity contribution in [1.82, 2.24) is 60.2 Å². The fourth-order valence-electron chi connectivity index (χ4n) is 10.8. The Hall–Kier alpha value is -6.89. The molecule has 18 nitrogen and oxygen atoms in total. The second-order valence-corrected chi connectivity index (χ2v) is 24.3. The van der Waals surface area contributed by atoms with Crippen molar-refractivity contribution in [2.45, 2.75) is 148 Å². The highest BCUT2D eigenvalue weighted by Crippen LogP contribution is 2.37. The number of aromatic amines is 1. The molecule has 458 valence electrons. The average molecular weight is 1180 g/mol. The molecule has 2 amide bonds. The molecule has 0 radical (unpaired) electrons. The van der Waals surface area contributed by atoms with E-state index in [0.29, 0.717) is 32.0 Å². The molecule has 4 aromatic carbocycles. The van der Waals surface area contributed by atoms with E-state index in [-0.39, 0.29) is 46.8 Å². The van der Waals surface area contributed by atoms with Gasteiger partial charge in [-0.05, 0) is 149 Å². The molecule has 2 aromatic heterocycles. The number of ether oxygens (including phenoxy) is 3. The number of aldehydes is 1. The lowest BCUT2D eigenvalue weighted by molar-refractivity contribution is -0.274. The molecule has 6 heterocycles. The molecule has 0 bridgehead atoms. The van der Waals surface area contributed by atoms with E-state index >= 15 is 0 Å². The van der Waals surface area contributed by atoms with Gasteiger partial charge in [-0.3, -0.25) is 19.5 Å². The molecule has 1 unspecified atom stereocenters. The minimum absolute atomic E-state index is 0.0646. The summed E-state index contributed by atoms with van der Waals surface area (Å²) in [4.78, 5) is 45.9. The highest BCUT2D eigenvalue weighted by Gasteiger charge is 2.43. The molecular formula is C60H80F6N12O6. The molecule has 24 heteroatoms. The molecule has 4 saturated heterocycles. The molecule has 6 aromatic rings. The Kier molecular flexibility index (Phi) is 20.8. The largest absolute Gasteiger partial charge is 0.573 e. The third-order valence-corrected chi connectivity index (χ3v) is 15.5. The van der Waals surface area contributed by atoms with E-state index in [0.717, 1.165) is 123 Å². The molecule has 84 heavy (non-hydrogen) atoms. The van der Waals surface area contributed by atoms with Crippen molar-refractivity contribution in [1.29, 1.82) is 0 Å². The summed E-state index contributed by atoms with van der Waals surface area (Å²) in [6.45, 7) is 28.8. The zero-order valence-corrected chi connectivity index (χ0v) is 49.6. The van der Waals surface area contributed by atoms with E-state index in [1.807, 2.05) is 99.7 Å². The van der Waals surface area contributed by atoms with E-state index in [4.69, 9.17) is 9.47 Å². The van der Waals surface area contributed by atoms with Crippen LogP contribution >= 0.6 is 0 Å². The number of benzene rings is 4. The summed E-state index contributed by atoms with van der Waals surface area (Å²) < 4.78 is 91.2. The standard InChI is InChI=1S/C30H39F3N6O3.C16H31N3O2.C8H5F3O.C6H5N3/c1-21-20-37(29(5)14-16-36(17-15-29)27(40)42-28(2,3)4)18-19-38(21)26(39-25-9-7-6-8-24(25)34-35-39)22-10-12-23(13-11-22)41-30(31,32)33;1-13-12-19(11-8-17-13)16(5)6-9-18(10-7-16)14(20)21-15(2,3)4;9-8(10,11)7-3-1-6(5-12)2-4-7;1-2-4-6-5(3-1)7-9-8-6/h6-13,21,26H,14-20H2,1-5H3;13,17H,6-12H2,1-5H3;1-5H;1-4H,(H,7,8,9)/t21-,26?;13-;;/m00../s1. The number of amides is 2. The van der Waals surface area contributed by atoms with Gasteiger partial charge in [0, 0.05) is 94.2 Å². The topological polar surface area (TPSA) is 179 Å². The van der Waals surface area contributed by atoms with Gasteiger partial charge < -0.3 is 29.3 Å². The molecule has 10 rings (SSSR count).